The third kappa shape index (κ3) is 2.61. The molecule has 3 heteroatoms. The number of nitriles is 1. The van der Waals surface area contributed by atoms with Crippen molar-refractivity contribution in [3.05, 3.63) is 59.4 Å². The molecule has 0 aliphatic rings. The van der Waals surface area contributed by atoms with Crippen molar-refractivity contribution in [3.8, 4) is 17.6 Å². The second kappa shape index (κ2) is 4.67. The van der Waals surface area contributed by atoms with E-state index in [1.165, 1.54) is 12.1 Å². The number of hydrogen-bond donors (Lipinski definition) is 0. The first-order valence-corrected chi connectivity index (χ1v) is 5.13. The predicted octanol–water partition coefficient (Wildman–Crippen LogP) is 3.80. The molecule has 2 rings (SSSR count). The third-order valence-electron chi connectivity index (χ3n) is 2.28. The first-order chi connectivity index (χ1) is 8.19. The van der Waals surface area contributed by atoms with Crippen LogP contribution < -0.4 is 4.74 Å². The molecule has 2 aromatic carbocycles. The van der Waals surface area contributed by atoms with Gasteiger partial charge in [-0.3, -0.25) is 0 Å². The number of nitrogens with zero attached hydrogens (tertiary/aromatic N) is 1. The number of ether oxygens (including phenoxy) is 1. The average Bonchev–Trinajstić information content (AvgIpc) is 2.29. The van der Waals surface area contributed by atoms with Crippen LogP contribution in [0, 0.1) is 24.1 Å². The van der Waals surface area contributed by atoms with Crippen LogP contribution in [0.4, 0.5) is 4.39 Å². The number of hydrogen-bond acceptors (Lipinski definition) is 2. The molecule has 0 aliphatic carbocycles. The number of rotatable bonds is 2. The first-order valence-electron chi connectivity index (χ1n) is 5.13. The topological polar surface area (TPSA) is 33.0 Å². The van der Waals surface area contributed by atoms with Crippen LogP contribution in [-0.4, -0.2) is 0 Å². The van der Waals surface area contributed by atoms with Crippen LogP contribution in [0.1, 0.15) is 11.1 Å². The summed E-state index contributed by atoms with van der Waals surface area (Å²) in [6, 6.07) is 13.1. The first kappa shape index (κ1) is 11.2. The van der Waals surface area contributed by atoms with Crippen molar-refractivity contribution in [2.24, 2.45) is 0 Å². The molecular formula is C14H10FNO. The quantitative estimate of drug-likeness (QED) is 0.781. The van der Waals surface area contributed by atoms with Crippen LogP contribution in [0.3, 0.4) is 0 Å². The van der Waals surface area contributed by atoms with Crippen LogP contribution in [0.15, 0.2) is 42.5 Å². The van der Waals surface area contributed by atoms with E-state index >= 15 is 0 Å². The highest BCUT2D eigenvalue weighted by atomic mass is 19.1. The van der Waals surface area contributed by atoms with Crippen molar-refractivity contribution in [1.82, 2.24) is 0 Å². The molecule has 0 unspecified atom stereocenters. The summed E-state index contributed by atoms with van der Waals surface area (Å²) in [5.74, 6) is 0.457. The number of halogens is 1. The van der Waals surface area contributed by atoms with Gasteiger partial charge in [-0.05, 0) is 36.8 Å². The maximum Gasteiger partial charge on any atom is 0.145 e. The van der Waals surface area contributed by atoms with Crippen molar-refractivity contribution in [1.29, 1.82) is 5.26 Å². The zero-order valence-corrected chi connectivity index (χ0v) is 9.27. The van der Waals surface area contributed by atoms with Crippen LogP contribution in [0.5, 0.6) is 11.5 Å². The second-order valence-electron chi connectivity index (χ2n) is 3.67. The molecule has 0 spiro atoms. The molecule has 0 aromatic heterocycles. The summed E-state index contributed by atoms with van der Waals surface area (Å²) in [5.41, 5.74) is 1.41. The van der Waals surface area contributed by atoms with E-state index in [0.29, 0.717) is 17.1 Å². The van der Waals surface area contributed by atoms with E-state index in [1.54, 1.807) is 24.3 Å². The van der Waals surface area contributed by atoms with Crippen LogP contribution in [0.2, 0.25) is 0 Å². The van der Waals surface area contributed by atoms with Gasteiger partial charge in [0.1, 0.15) is 23.4 Å². The fraction of sp³-hybridized carbons (Fsp3) is 0.0714. The summed E-state index contributed by atoms with van der Waals surface area (Å²) in [6.07, 6.45) is 0. The Balaban J connectivity index is 2.36. The number of aryl methyl sites for hydroxylation is 1. The summed E-state index contributed by atoms with van der Waals surface area (Å²) >= 11 is 0. The molecule has 0 radical (unpaired) electrons. The fourth-order valence-corrected chi connectivity index (χ4v) is 1.46. The van der Waals surface area contributed by atoms with E-state index < -0.39 is 0 Å². The Bertz CT molecular complexity index is 587. The SMILES string of the molecule is Cc1ccc(C#N)c(Oc2cccc(F)c2)c1. The van der Waals surface area contributed by atoms with E-state index in [1.807, 2.05) is 19.1 Å². The lowest BCUT2D eigenvalue weighted by Crippen LogP contribution is -1.89. The van der Waals surface area contributed by atoms with Gasteiger partial charge in [-0.25, -0.2) is 4.39 Å². The standard InChI is InChI=1S/C14H10FNO/c1-10-5-6-11(9-16)14(7-10)17-13-4-2-3-12(15)8-13/h2-8H,1H3. The second-order valence-corrected chi connectivity index (χ2v) is 3.67. The third-order valence-corrected chi connectivity index (χ3v) is 2.28. The summed E-state index contributed by atoms with van der Waals surface area (Å²) in [6.45, 7) is 1.90. The van der Waals surface area contributed by atoms with E-state index in [-0.39, 0.29) is 5.82 Å². The Morgan fingerprint density at radius 2 is 2.00 bits per heavy atom. The lowest BCUT2D eigenvalue weighted by atomic mass is 10.1. The number of benzene rings is 2. The monoisotopic (exact) mass is 227 g/mol. The Morgan fingerprint density at radius 1 is 1.18 bits per heavy atom. The zero-order valence-electron chi connectivity index (χ0n) is 9.27. The minimum Gasteiger partial charge on any atom is -0.456 e. The van der Waals surface area contributed by atoms with Gasteiger partial charge in [0, 0.05) is 6.07 Å². The van der Waals surface area contributed by atoms with Crippen LogP contribution in [0.25, 0.3) is 0 Å². The lowest BCUT2D eigenvalue weighted by molar-refractivity contribution is 0.475. The Labute approximate surface area is 98.9 Å². The highest BCUT2D eigenvalue weighted by Gasteiger charge is 2.05. The molecule has 0 heterocycles. The van der Waals surface area contributed by atoms with Gasteiger partial charge in [0.25, 0.3) is 0 Å². The summed E-state index contributed by atoms with van der Waals surface area (Å²) in [7, 11) is 0. The summed E-state index contributed by atoms with van der Waals surface area (Å²) < 4.78 is 18.5. The van der Waals surface area contributed by atoms with E-state index in [4.69, 9.17) is 10.00 Å². The maximum atomic E-state index is 13.0. The van der Waals surface area contributed by atoms with Crippen LogP contribution in [-0.2, 0) is 0 Å². The molecule has 0 fully saturated rings. The highest BCUT2D eigenvalue weighted by molar-refractivity contribution is 5.47. The molecule has 0 atom stereocenters. The van der Waals surface area contributed by atoms with Crippen molar-refractivity contribution in [3.63, 3.8) is 0 Å². The van der Waals surface area contributed by atoms with Gasteiger partial charge in [-0.1, -0.05) is 12.1 Å². The van der Waals surface area contributed by atoms with E-state index in [2.05, 4.69) is 0 Å². The van der Waals surface area contributed by atoms with Gasteiger partial charge in [0.15, 0.2) is 0 Å². The average molecular weight is 227 g/mol. The van der Waals surface area contributed by atoms with Crippen molar-refractivity contribution in [2.75, 3.05) is 0 Å². The highest BCUT2D eigenvalue weighted by Crippen LogP contribution is 2.26. The van der Waals surface area contributed by atoms with Gasteiger partial charge in [-0.15, -0.1) is 0 Å². The Morgan fingerprint density at radius 3 is 2.71 bits per heavy atom. The largest absolute Gasteiger partial charge is 0.456 e. The van der Waals surface area contributed by atoms with Gasteiger partial charge in [-0.2, -0.15) is 5.26 Å². The van der Waals surface area contributed by atoms with E-state index in [0.717, 1.165) is 5.56 Å². The smallest absolute Gasteiger partial charge is 0.145 e. The van der Waals surface area contributed by atoms with E-state index in [9.17, 15) is 4.39 Å². The predicted molar refractivity (Wildman–Crippen MR) is 62.4 cm³/mol. The molecule has 2 aromatic rings. The summed E-state index contributed by atoms with van der Waals surface area (Å²) in [4.78, 5) is 0. The van der Waals surface area contributed by atoms with Crippen molar-refractivity contribution >= 4 is 0 Å². The molecule has 0 saturated heterocycles. The van der Waals surface area contributed by atoms with Gasteiger partial charge in [0.05, 0.1) is 5.56 Å². The zero-order chi connectivity index (χ0) is 12.3. The molecule has 17 heavy (non-hydrogen) atoms. The van der Waals surface area contributed by atoms with Gasteiger partial charge >= 0.3 is 0 Å². The fourth-order valence-electron chi connectivity index (χ4n) is 1.46. The molecule has 84 valence electrons. The molecular weight excluding hydrogens is 217 g/mol. The van der Waals surface area contributed by atoms with Gasteiger partial charge < -0.3 is 4.74 Å². The van der Waals surface area contributed by atoms with Crippen LogP contribution >= 0.6 is 0 Å². The normalized spacial score (nSPS) is 9.71. The minimum absolute atomic E-state index is 0.367. The molecule has 0 bridgehead atoms. The molecule has 0 N–H and O–H groups in total. The summed E-state index contributed by atoms with van der Waals surface area (Å²) in [5, 5.41) is 8.94. The molecule has 2 nitrogen and oxygen atoms in total. The maximum absolute atomic E-state index is 13.0. The molecule has 0 amide bonds. The minimum atomic E-state index is -0.367. The van der Waals surface area contributed by atoms with Crippen molar-refractivity contribution < 1.29 is 9.13 Å². The lowest BCUT2D eigenvalue weighted by Gasteiger charge is -2.08. The Hall–Kier alpha value is -2.34. The Kier molecular flexibility index (Phi) is 3.06. The molecule has 0 aliphatic heterocycles. The van der Waals surface area contributed by atoms with Crippen molar-refractivity contribution in [2.45, 2.75) is 6.92 Å². The molecule has 0 saturated carbocycles. The van der Waals surface area contributed by atoms with Gasteiger partial charge in [0.2, 0.25) is 0 Å².